The molecule has 0 bridgehead atoms. The Hall–Kier alpha value is -2.37. The summed E-state index contributed by atoms with van der Waals surface area (Å²) in [6, 6.07) is 3.51. The van der Waals surface area contributed by atoms with Crippen LogP contribution >= 0.6 is 0 Å². The quantitative estimate of drug-likeness (QED) is 0.736. The van der Waals surface area contributed by atoms with E-state index in [2.05, 4.69) is 10.6 Å². The van der Waals surface area contributed by atoms with Crippen LogP contribution in [0.3, 0.4) is 0 Å². The second-order valence-electron chi connectivity index (χ2n) is 6.91. The average molecular weight is 346 g/mol. The number of hydrogen-bond acceptors (Lipinski definition) is 3. The second-order valence-corrected chi connectivity index (χ2v) is 6.91. The number of hydrogen-bond donors (Lipinski definition) is 3. The molecule has 0 saturated heterocycles. The number of aliphatic carboxylic acids is 1. The monoisotopic (exact) mass is 346 g/mol. The fourth-order valence-corrected chi connectivity index (χ4v) is 3.32. The first-order valence-corrected chi connectivity index (χ1v) is 8.69. The molecule has 0 radical (unpaired) electrons. The van der Waals surface area contributed by atoms with Gasteiger partial charge in [0.15, 0.2) is 6.04 Å². The third-order valence-corrected chi connectivity index (χ3v) is 4.59. The molecule has 3 N–H and O–H groups in total. The van der Waals surface area contributed by atoms with Gasteiger partial charge in [-0.3, -0.25) is 9.59 Å². The lowest BCUT2D eigenvalue weighted by Crippen LogP contribution is -2.48. The highest BCUT2D eigenvalue weighted by atomic mass is 16.4. The van der Waals surface area contributed by atoms with Crippen LogP contribution in [0.15, 0.2) is 18.2 Å². The number of aryl methyl sites for hydroxylation is 2. The second kappa shape index (κ2) is 8.14. The molecule has 0 aromatic heterocycles. The van der Waals surface area contributed by atoms with Crippen LogP contribution in [0.2, 0.25) is 0 Å². The predicted octanol–water partition coefficient (Wildman–Crippen LogP) is 2.24. The number of carboxylic acids is 1. The Morgan fingerprint density at radius 1 is 1.04 bits per heavy atom. The Morgan fingerprint density at radius 3 is 2.12 bits per heavy atom. The van der Waals surface area contributed by atoms with E-state index in [1.54, 1.807) is 19.1 Å². The zero-order chi connectivity index (χ0) is 18.6. The molecule has 6 heteroatoms. The van der Waals surface area contributed by atoms with Crippen LogP contribution in [0.5, 0.6) is 0 Å². The van der Waals surface area contributed by atoms with Gasteiger partial charge < -0.3 is 15.7 Å². The van der Waals surface area contributed by atoms with Gasteiger partial charge in [-0.25, -0.2) is 4.79 Å². The van der Waals surface area contributed by atoms with E-state index in [1.807, 2.05) is 19.9 Å². The van der Waals surface area contributed by atoms with Gasteiger partial charge in [0.05, 0.1) is 0 Å². The zero-order valence-electron chi connectivity index (χ0n) is 15.0. The molecule has 2 unspecified atom stereocenters. The molecule has 2 rings (SSSR count). The minimum Gasteiger partial charge on any atom is -0.479 e. The van der Waals surface area contributed by atoms with Crippen molar-refractivity contribution >= 4 is 17.8 Å². The first kappa shape index (κ1) is 19.0. The number of carboxylic acid groups (broad SMARTS) is 1. The van der Waals surface area contributed by atoms with E-state index >= 15 is 0 Å². The standard InChI is InChI=1S/C19H26N2O4/c1-11-8-12(2)10-15(9-11)16(19(24)25)21-17(22)13(3)20-18(23)14-6-4-5-7-14/h8-10,13-14,16H,4-7H2,1-3H3,(H,20,23)(H,21,22)(H,24,25). The normalized spacial score (nSPS) is 16.9. The molecule has 1 fully saturated rings. The first-order valence-electron chi connectivity index (χ1n) is 8.69. The van der Waals surface area contributed by atoms with Crippen molar-refractivity contribution in [3.05, 3.63) is 34.9 Å². The summed E-state index contributed by atoms with van der Waals surface area (Å²) < 4.78 is 0. The lowest BCUT2D eigenvalue weighted by molar-refractivity contribution is -0.142. The highest BCUT2D eigenvalue weighted by Gasteiger charge is 2.28. The van der Waals surface area contributed by atoms with Crippen LogP contribution in [-0.2, 0) is 14.4 Å². The topological polar surface area (TPSA) is 95.5 Å². The van der Waals surface area contributed by atoms with Crippen molar-refractivity contribution in [2.75, 3.05) is 0 Å². The Kier molecular flexibility index (Phi) is 6.17. The van der Waals surface area contributed by atoms with Crippen LogP contribution in [0.4, 0.5) is 0 Å². The number of rotatable bonds is 6. The molecule has 0 heterocycles. The molecular weight excluding hydrogens is 320 g/mol. The predicted molar refractivity (Wildman–Crippen MR) is 94.0 cm³/mol. The Morgan fingerprint density at radius 2 is 1.60 bits per heavy atom. The molecule has 1 aromatic rings. The van der Waals surface area contributed by atoms with E-state index in [0.717, 1.165) is 36.8 Å². The molecule has 1 saturated carbocycles. The summed E-state index contributed by atoms with van der Waals surface area (Å²) in [5.74, 6) is -1.80. The van der Waals surface area contributed by atoms with Gasteiger partial charge in [0.1, 0.15) is 6.04 Å². The minimum absolute atomic E-state index is 0.0371. The average Bonchev–Trinajstić information content (AvgIpc) is 3.05. The van der Waals surface area contributed by atoms with E-state index in [0.29, 0.717) is 5.56 Å². The third-order valence-electron chi connectivity index (χ3n) is 4.59. The van der Waals surface area contributed by atoms with E-state index in [1.165, 1.54) is 0 Å². The van der Waals surface area contributed by atoms with Crippen LogP contribution in [0.1, 0.15) is 55.3 Å². The summed E-state index contributed by atoms with van der Waals surface area (Å²) in [5.41, 5.74) is 2.38. The summed E-state index contributed by atoms with van der Waals surface area (Å²) in [5, 5.41) is 14.7. The molecular formula is C19H26N2O4. The Bertz CT molecular complexity index is 645. The third kappa shape index (κ3) is 5.05. The van der Waals surface area contributed by atoms with Crippen molar-refractivity contribution in [1.82, 2.24) is 10.6 Å². The van der Waals surface area contributed by atoms with Gasteiger partial charge in [0.2, 0.25) is 11.8 Å². The molecule has 1 aliphatic rings. The number of carbonyl (C=O) groups excluding carboxylic acids is 2. The van der Waals surface area contributed by atoms with E-state index < -0.39 is 24.0 Å². The molecule has 25 heavy (non-hydrogen) atoms. The van der Waals surface area contributed by atoms with E-state index in [9.17, 15) is 19.5 Å². The fourth-order valence-electron chi connectivity index (χ4n) is 3.32. The van der Waals surface area contributed by atoms with Gasteiger partial charge in [-0.15, -0.1) is 0 Å². The smallest absolute Gasteiger partial charge is 0.330 e. The molecule has 6 nitrogen and oxygen atoms in total. The van der Waals surface area contributed by atoms with Gasteiger partial charge in [0, 0.05) is 5.92 Å². The van der Waals surface area contributed by atoms with Crippen LogP contribution in [0, 0.1) is 19.8 Å². The van der Waals surface area contributed by atoms with E-state index in [4.69, 9.17) is 0 Å². The zero-order valence-corrected chi connectivity index (χ0v) is 15.0. The van der Waals surface area contributed by atoms with Gasteiger partial charge in [0.25, 0.3) is 0 Å². The largest absolute Gasteiger partial charge is 0.479 e. The van der Waals surface area contributed by atoms with Crippen molar-refractivity contribution in [2.45, 2.75) is 58.5 Å². The molecule has 0 spiro atoms. The lowest BCUT2D eigenvalue weighted by atomic mass is 10.0. The van der Waals surface area contributed by atoms with Crippen LogP contribution in [0.25, 0.3) is 0 Å². The maximum absolute atomic E-state index is 12.4. The maximum atomic E-state index is 12.4. The molecule has 2 amide bonds. The Balaban J connectivity index is 2.04. The van der Waals surface area contributed by atoms with Crippen molar-refractivity contribution in [3.8, 4) is 0 Å². The van der Waals surface area contributed by atoms with Gasteiger partial charge in [-0.05, 0) is 39.2 Å². The molecule has 0 aliphatic heterocycles. The van der Waals surface area contributed by atoms with Gasteiger partial charge in [-0.2, -0.15) is 0 Å². The summed E-state index contributed by atoms with van der Waals surface area (Å²) in [4.78, 5) is 36.1. The number of carbonyl (C=O) groups is 3. The SMILES string of the molecule is Cc1cc(C)cc(C(NC(=O)C(C)NC(=O)C2CCCC2)C(=O)O)c1. The van der Waals surface area contributed by atoms with Crippen LogP contribution < -0.4 is 10.6 Å². The molecule has 1 aliphatic carbocycles. The number of nitrogens with one attached hydrogen (secondary N) is 2. The highest BCUT2D eigenvalue weighted by Crippen LogP contribution is 2.24. The summed E-state index contributed by atoms with van der Waals surface area (Å²) in [7, 11) is 0. The molecule has 2 atom stereocenters. The van der Waals surface area contributed by atoms with Crippen LogP contribution in [-0.4, -0.2) is 28.9 Å². The Labute approximate surface area is 148 Å². The lowest BCUT2D eigenvalue weighted by Gasteiger charge is -2.21. The van der Waals surface area contributed by atoms with Crippen molar-refractivity contribution in [2.24, 2.45) is 5.92 Å². The van der Waals surface area contributed by atoms with E-state index in [-0.39, 0.29) is 11.8 Å². The highest BCUT2D eigenvalue weighted by molar-refractivity contribution is 5.91. The number of benzene rings is 1. The van der Waals surface area contributed by atoms with Gasteiger partial charge in [-0.1, -0.05) is 42.2 Å². The molecule has 136 valence electrons. The maximum Gasteiger partial charge on any atom is 0.330 e. The summed E-state index contributed by atoms with van der Waals surface area (Å²) in [6.07, 6.45) is 3.76. The number of amides is 2. The summed E-state index contributed by atoms with van der Waals surface area (Å²) >= 11 is 0. The summed E-state index contributed by atoms with van der Waals surface area (Å²) in [6.45, 7) is 5.33. The van der Waals surface area contributed by atoms with Crippen molar-refractivity contribution < 1.29 is 19.5 Å². The van der Waals surface area contributed by atoms with Crippen molar-refractivity contribution in [3.63, 3.8) is 0 Å². The first-order chi connectivity index (χ1) is 11.8. The molecule has 1 aromatic carbocycles. The van der Waals surface area contributed by atoms with Gasteiger partial charge >= 0.3 is 5.97 Å². The minimum atomic E-state index is -1.14. The fraction of sp³-hybridized carbons (Fsp3) is 0.526. The van der Waals surface area contributed by atoms with Crippen molar-refractivity contribution in [1.29, 1.82) is 0 Å².